The summed E-state index contributed by atoms with van der Waals surface area (Å²) in [7, 11) is 1.61. The van der Waals surface area contributed by atoms with Crippen molar-refractivity contribution in [2.75, 3.05) is 26.0 Å². The molecule has 0 aromatic carbocycles. The Labute approximate surface area is 129 Å². The van der Waals surface area contributed by atoms with Crippen LogP contribution in [0.1, 0.15) is 20.3 Å². The molecule has 0 unspecified atom stereocenters. The molecule has 0 aromatic rings. The van der Waals surface area contributed by atoms with Gasteiger partial charge in [0.2, 0.25) is 5.91 Å². The highest BCUT2D eigenvalue weighted by Crippen LogP contribution is 2.42. The molecule has 2 rings (SSSR count). The fourth-order valence-corrected chi connectivity index (χ4v) is 3.41. The van der Waals surface area contributed by atoms with E-state index >= 15 is 0 Å². The number of carbonyl (C=O) groups is 2. The van der Waals surface area contributed by atoms with Crippen molar-refractivity contribution in [3.05, 3.63) is 34.0 Å². The fraction of sp³-hybridized carbons (Fsp3) is 0.467. The molecular formula is C15H20N2O3S. The zero-order valence-corrected chi connectivity index (χ0v) is 13.4. The maximum Gasteiger partial charge on any atom is 0.337 e. The summed E-state index contributed by atoms with van der Waals surface area (Å²) >= 11 is 1.59. The van der Waals surface area contributed by atoms with E-state index in [2.05, 4.69) is 5.32 Å². The molecule has 0 atom stereocenters. The smallest absolute Gasteiger partial charge is 0.337 e. The summed E-state index contributed by atoms with van der Waals surface area (Å²) in [5, 5.41) is 3.52. The van der Waals surface area contributed by atoms with Crippen LogP contribution >= 0.6 is 11.8 Å². The van der Waals surface area contributed by atoms with E-state index in [0.717, 1.165) is 28.4 Å². The summed E-state index contributed by atoms with van der Waals surface area (Å²) in [5.74, 6) is 0.346. The van der Waals surface area contributed by atoms with E-state index in [1.54, 1.807) is 24.9 Å². The molecule has 0 saturated carbocycles. The summed E-state index contributed by atoms with van der Waals surface area (Å²) in [4.78, 5) is 25.6. The number of rotatable bonds is 4. The molecule has 2 aliphatic heterocycles. The Balaban J connectivity index is 2.06. The van der Waals surface area contributed by atoms with Gasteiger partial charge in [-0.15, -0.1) is 11.8 Å². The molecule has 0 aliphatic carbocycles. The molecule has 0 aromatic heterocycles. The summed E-state index contributed by atoms with van der Waals surface area (Å²) in [6, 6.07) is 0. The molecule has 0 bridgehead atoms. The third kappa shape index (κ3) is 3.69. The van der Waals surface area contributed by atoms with Crippen molar-refractivity contribution in [3.8, 4) is 0 Å². The third-order valence-corrected chi connectivity index (χ3v) is 4.47. The van der Waals surface area contributed by atoms with Crippen molar-refractivity contribution in [1.29, 1.82) is 0 Å². The van der Waals surface area contributed by atoms with Crippen molar-refractivity contribution >= 4 is 23.6 Å². The Morgan fingerprint density at radius 2 is 2.19 bits per heavy atom. The number of hydrogen-bond donors (Lipinski definition) is 1. The lowest BCUT2D eigenvalue weighted by Gasteiger charge is -2.14. The highest BCUT2D eigenvalue weighted by Gasteiger charge is 2.34. The maximum atomic E-state index is 12.1. The number of nitrogens with zero attached hydrogens (tertiary/aromatic N) is 1. The first-order valence-electron chi connectivity index (χ1n) is 6.89. The summed E-state index contributed by atoms with van der Waals surface area (Å²) < 4.78 is 5.27. The average molecular weight is 308 g/mol. The zero-order chi connectivity index (χ0) is 15.4. The topological polar surface area (TPSA) is 58.6 Å². The molecule has 0 radical (unpaired) electrons. The van der Waals surface area contributed by atoms with E-state index in [1.807, 2.05) is 24.8 Å². The van der Waals surface area contributed by atoms with Crippen LogP contribution in [0, 0.1) is 0 Å². The van der Waals surface area contributed by atoms with Crippen LogP contribution in [0.15, 0.2) is 34.0 Å². The number of ether oxygens (including phenoxy) is 1. The molecule has 1 fully saturated rings. The summed E-state index contributed by atoms with van der Waals surface area (Å²) in [5.41, 5.74) is 2.79. The van der Waals surface area contributed by atoms with Crippen LogP contribution in [-0.4, -0.2) is 42.7 Å². The van der Waals surface area contributed by atoms with Gasteiger partial charge in [0.05, 0.1) is 10.6 Å². The van der Waals surface area contributed by atoms with Crippen molar-refractivity contribution in [3.63, 3.8) is 0 Å². The Kier molecular flexibility index (Phi) is 5.12. The number of nitrogens with one attached hydrogen (secondary N) is 1. The molecule has 1 amide bonds. The van der Waals surface area contributed by atoms with Gasteiger partial charge in [0.1, 0.15) is 6.61 Å². The first-order chi connectivity index (χ1) is 10.0. The number of allylic oxidation sites excluding steroid dienone is 1. The van der Waals surface area contributed by atoms with Crippen LogP contribution in [0.25, 0.3) is 0 Å². The number of amides is 1. The van der Waals surface area contributed by atoms with E-state index in [9.17, 15) is 9.59 Å². The lowest BCUT2D eigenvalue weighted by atomic mass is 10.2. The molecule has 0 spiro atoms. The third-order valence-electron chi connectivity index (χ3n) is 3.29. The predicted octanol–water partition coefficient (Wildman–Crippen LogP) is 1.79. The minimum Gasteiger partial charge on any atom is -0.458 e. The maximum absolute atomic E-state index is 12.1. The van der Waals surface area contributed by atoms with Crippen LogP contribution in [-0.2, 0) is 14.3 Å². The van der Waals surface area contributed by atoms with E-state index in [-0.39, 0.29) is 11.9 Å². The second-order valence-electron chi connectivity index (χ2n) is 5.10. The quantitative estimate of drug-likeness (QED) is 0.487. The van der Waals surface area contributed by atoms with E-state index in [1.165, 1.54) is 0 Å². The van der Waals surface area contributed by atoms with Crippen molar-refractivity contribution in [1.82, 2.24) is 10.2 Å². The Bertz CT molecular complexity index is 545. The largest absolute Gasteiger partial charge is 0.458 e. The van der Waals surface area contributed by atoms with Crippen LogP contribution in [0.4, 0.5) is 0 Å². The van der Waals surface area contributed by atoms with Crippen LogP contribution in [0.5, 0.6) is 0 Å². The molecular weight excluding hydrogens is 288 g/mol. The number of carbonyl (C=O) groups excluding carboxylic acids is 2. The van der Waals surface area contributed by atoms with Crippen LogP contribution in [0.3, 0.4) is 0 Å². The van der Waals surface area contributed by atoms with Gasteiger partial charge in [0.15, 0.2) is 0 Å². The Hall–Kier alpha value is -1.69. The van der Waals surface area contributed by atoms with Gasteiger partial charge in [-0.05, 0) is 19.9 Å². The highest BCUT2D eigenvalue weighted by atomic mass is 32.2. The number of thioether (sulfide) groups is 1. The average Bonchev–Trinajstić information content (AvgIpc) is 3.01. The van der Waals surface area contributed by atoms with Gasteiger partial charge < -0.3 is 15.0 Å². The lowest BCUT2D eigenvalue weighted by molar-refractivity contribution is -0.137. The molecule has 1 N–H and O–H groups in total. The molecule has 114 valence electrons. The van der Waals surface area contributed by atoms with Crippen molar-refractivity contribution in [2.45, 2.75) is 20.3 Å². The number of fused-ring (bicyclic) bond motifs is 1. The van der Waals surface area contributed by atoms with Crippen LogP contribution < -0.4 is 5.32 Å². The van der Waals surface area contributed by atoms with Gasteiger partial charge in [-0.25, -0.2) is 4.79 Å². The highest BCUT2D eigenvalue weighted by molar-refractivity contribution is 8.03. The van der Waals surface area contributed by atoms with Crippen molar-refractivity contribution < 1.29 is 14.3 Å². The van der Waals surface area contributed by atoms with Crippen LogP contribution in [0.2, 0.25) is 0 Å². The normalized spacial score (nSPS) is 18.8. The van der Waals surface area contributed by atoms with Gasteiger partial charge in [0, 0.05) is 37.5 Å². The minimum atomic E-state index is -0.251. The fourth-order valence-electron chi connectivity index (χ4n) is 2.16. The van der Waals surface area contributed by atoms with E-state index < -0.39 is 0 Å². The molecule has 6 heteroatoms. The molecule has 21 heavy (non-hydrogen) atoms. The standard InChI is InChI=1S/C15H20N2O3S/c1-10(2)5-7-20-15(19)12-4-6-17-11(8-13(18)16-3)9-21-14(12)17/h5,8H,4,6-7,9H2,1-3H3,(H,16,18). The Morgan fingerprint density at radius 1 is 1.43 bits per heavy atom. The molecule has 1 saturated heterocycles. The minimum absolute atomic E-state index is 0.119. The van der Waals surface area contributed by atoms with Gasteiger partial charge in [0.25, 0.3) is 0 Å². The first-order valence-corrected chi connectivity index (χ1v) is 7.87. The van der Waals surface area contributed by atoms with E-state index in [4.69, 9.17) is 4.74 Å². The lowest BCUT2D eigenvalue weighted by Crippen LogP contribution is -2.19. The number of likely N-dealkylation sites (N-methyl/N-ethyl adjacent to an activating group) is 1. The monoisotopic (exact) mass is 308 g/mol. The molecule has 2 heterocycles. The van der Waals surface area contributed by atoms with Gasteiger partial charge >= 0.3 is 5.97 Å². The number of esters is 1. The van der Waals surface area contributed by atoms with Gasteiger partial charge in [-0.1, -0.05) is 5.57 Å². The van der Waals surface area contributed by atoms with E-state index in [0.29, 0.717) is 18.8 Å². The Morgan fingerprint density at radius 3 is 2.86 bits per heavy atom. The summed E-state index contributed by atoms with van der Waals surface area (Å²) in [6.45, 7) is 4.98. The SMILES string of the molecule is CNC(=O)C=C1CSC2=C(C(=O)OCC=C(C)C)CCN12. The second-order valence-corrected chi connectivity index (χ2v) is 6.07. The summed E-state index contributed by atoms with van der Waals surface area (Å²) in [6.07, 6.45) is 4.15. The molecule has 5 nitrogen and oxygen atoms in total. The molecule has 2 aliphatic rings. The van der Waals surface area contributed by atoms with Crippen molar-refractivity contribution in [2.24, 2.45) is 0 Å². The number of hydrogen-bond acceptors (Lipinski definition) is 5. The van der Waals surface area contributed by atoms with Gasteiger partial charge in [-0.2, -0.15) is 0 Å². The first kappa shape index (κ1) is 15.7. The van der Waals surface area contributed by atoms with Gasteiger partial charge in [-0.3, -0.25) is 4.79 Å². The predicted molar refractivity (Wildman–Crippen MR) is 83.3 cm³/mol. The second kappa shape index (κ2) is 6.85. The zero-order valence-electron chi connectivity index (χ0n) is 12.6.